The zero-order chi connectivity index (χ0) is 11.5. The van der Waals surface area contributed by atoms with Gasteiger partial charge in [0.2, 0.25) is 0 Å². The fraction of sp³-hybridized carbons (Fsp3) is 0.727. The number of piperidine rings is 1. The molecule has 2 rings (SSSR count). The molecule has 16 heavy (non-hydrogen) atoms. The molecule has 0 aromatic carbocycles. The van der Waals surface area contributed by atoms with Gasteiger partial charge in [0.25, 0.3) is 0 Å². The Balaban J connectivity index is 1.96. The van der Waals surface area contributed by atoms with Crippen molar-refractivity contribution in [3.05, 3.63) is 5.82 Å². The third-order valence-electron chi connectivity index (χ3n) is 2.97. The van der Waals surface area contributed by atoms with E-state index in [9.17, 15) is 0 Å². The Morgan fingerprint density at radius 2 is 2.19 bits per heavy atom. The fourth-order valence-corrected chi connectivity index (χ4v) is 2.21. The minimum Gasteiger partial charge on any atom is -0.382 e. The van der Waals surface area contributed by atoms with Crippen LogP contribution in [-0.4, -0.2) is 35.8 Å². The summed E-state index contributed by atoms with van der Waals surface area (Å²) in [5.74, 6) is 2.44. The zero-order valence-corrected chi connectivity index (χ0v) is 9.99. The van der Waals surface area contributed by atoms with Crippen molar-refractivity contribution in [2.45, 2.75) is 32.8 Å². The summed E-state index contributed by atoms with van der Waals surface area (Å²) in [6.07, 6.45) is 2.51. The molecule has 0 aliphatic carbocycles. The highest BCUT2D eigenvalue weighted by molar-refractivity contribution is 5.59. The Kier molecular flexibility index (Phi) is 3.33. The highest BCUT2D eigenvalue weighted by Crippen LogP contribution is 2.24. The molecule has 0 saturated carbocycles. The predicted molar refractivity (Wildman–Crippen MR) is 64.6 cm³/mol. The Labute approximate surface area is 96.0 Å². The van der Waals surface area contributed by atoms with Crippen LogP contribution in [0.1, 0.15) is 25.6 Å². The molecular formula is C11H20N4O. The Bertz CT molecular complexity index is 342. The quantitative estimate of drug-likeness (QED) is 0.812. The molecule has 1 aromatic rings. The highest BCUT2D eigenvalue weighted by Gasteiger charge is 2.22. The van der Waals surface area contributed by atoms with E-state index in [1.54, 1.807) is 0 Å². The van der Waals surface area contributed by atoms with Gasteiger partial charge < -0.3 is 20.4 Å². The maximum Gasteiger partial charge on any atom is 0.171 e. The minimum atomic E-state index is 0.405. The minimum absolute atomic E-state index is 0.405. The van der Waals surface area contributed by atoms with Crippen molar-refractivity contribution in [3.8, 4) is 0 Å². The van der Waals surface area contributed by atoms with E-state index in [-0.39, 0.29) is 0 Å². The molecule has 0 bridgehead atoms. The van der Waals surface area contributed by atoms with Gasteiger partial charge >= 0.3 is 0 Å². The average Bonchev–Trinajstić information content (AvgIpc) is 2.59. The molecule has 3 N–H and O–H groups in total. The van der Waals surface area contributed by atoms with Crippen molar-refractivity contribution < 1.29 is 4.74 Å². The number of nitrogen functional groups attached to an aromatic ring is 1. The standard InChI is InChI=1S/C11H20N4O/c1-3-16-9-4-6-15(7-5-9)11-10(12)13-8(2)14-11/h9H,3-7,12H2,1-2H3,(H,13,14). The van der Waals surface area contributed by atoms with E-state index in [1.165, 1.54) is 0 Å². The molecule has 5 nitrogen and oxygen atoms in total. The van der Waals surface area contributed by atoms with Crippen LogP contribution in [0.25, 0.3) is 0 Å². The molecule has 0 atom stereocenters. The molecule has 0 unspecified atom stereocenters. The third-order valence-corrected chi connectivity index (χ3v) is 2.97. The third kappa shape index (κ3) is 2.29. The lowest BCUT2D eigenvalue weighted by Crippen LogP contribution is -2.37. The molecule has 1 aliphatic heterocycles. The van der Waals surface area contributed by atoms with Gasteiger partial charge in [0.05, 0.1) is 6.10 Å². The number of hydrogen-bond donors (Lipinski definition) is 2. The maximum absolute atomic E-state index is 5.87. The van der Waals surface area contributed by atoms with Gasteiger partial charge in [-0.05, 0) is 26.7 Å². The van der Waals surface area contributed by atoms with Crippen LogP contribution in [0.5, 0.6) is 0 Å². The number of imidazole rings is 1. The van der Waals surface area contributed by atoms with Crippen molar-refractivity contribution >= 4 is 11.6 Å². The summed E-state index contributed by atoms with van der Waals surface area (Å²) in [4.78, 5) is 9.67. The first-order valence-electron chi connectivity index (χ1n) is 5.89. The van der Waals surface area contributed by atoms with Crippen LogP contribution in [0.2, 0.25) is 0 Å². The number of hydrogen-bond acceptors (Lipinski definition) is 4. The number of nitrogens with two attached hydrogens (primary N) is 1. The number of anilines is 2. The normalized spacial score (nSPS) is 18.0. The first-order chi connectivity index (χ1) is 7.70. The van der Waals surface area contributed by atoms with Crippen LogP contribution in [0.3, 0.4) is 0 Å². The average molecular weight is 224 g/mol. The number of aromatic amines is 1. The number of aryl methyl sites for hydroxylation is 1. The number of rotatable bonds is 3. The van der Waals surface area contributed by atoms with Gasteiger partial charge in [0, 0.05) is 19.7 Å². The molecule has 1 aliphatic rings. The maximum atomic E-state index is 5.87. The van der Waals surface area contributed by atoms with E-state index < -0.39 is 0 Å². The molecule has 0 radical (unpaired) electrons. The van der Waals surface area contributed by atoms with Gasteiger partial charge in [-0.15, -0.1) is 0 Å². The molecular weight excluding hydrogens is 204 g/mol. The Hall–Kier alpha value is -1.23. The number of aromatic nitrogens is 2. The van der Waals surface area contributed by atoms with Crippen LogP contribution in [0, 0.1) is 6.92 Å². The Morgan fingerprint density at radius 3 is 2.69 bits per heavy atom. The second-order valence-electron chi connectivity index (χ2n) is 4.20. The number of ether oxygens (including phenoxy) is 1. The van der Waals surface area contributed by atoms with Crippen LogP contribution >= 0.6 is 0 Å². The first-order valence-corrected chi connectivity index (χ1v) is 5.89. The topological polar surface area (TPSA) is 67.2 Å². The summed E-state index contributed by atoms with van der Waals surface area (Å²) in [6, 6.07) is 0. The van der Waals surface area contributed by atoms with E-state index in [1.807, 2.05) is 13.8 Å². The number of H-pyrrole nitrogens is 1. The highest BCUT2D eigenvalue weighted by atomic mass is 16.5. The van der Waals surface area contributed by atoms with Crippen molar-refractivity contribution in [1.82, 2.24) is 9.97 Å². The molecule has 1 fully saturated rings. The second kappa shape index (κ2) is 4.74. The molecule has 5 heteroatoms. The zero-order valence-electron chi connectivity index (χ0n) is 9.99. The van der Waals surface area contributed by atoms with Crippen molar-refractivity contribution in [2.75, 3.05) is 30.3 Å². The molecule has 0 amide bonds. The van der Waals surface area contributed by atoms with Crippen LogP contribution < -0.4 is 10.6 Å². The van der Waals surface area contributed by atoms with Gasteiger partial charge in [-0.2, -0.15) is 0 Å². The molecule has 2 heterocycles. The Morgan fingerprint density at radius 1 is 1.50 bits per heavy atom. The molecule has 1 saturated heterocycles. The fourth-order valence-electron chi connectivity index (χ4n) is 2.21. The van der Waals surface area contributed by atoms with Gasteiger partial charge in [0.15, 0.2) is 5.82 Å². The summed E-state index contributed by atoms with van der Waals surface area (Å²) in [7, 11) is 0. The van der Waals surface area contributed by atoms with Gasteiger partial charge in [-0.25, -0.2) is 4.98 Å². The van der Waals surface area contributed by atoms with E-state index in [2.05, 4.69) is 14.9 Å². The monoisotopic (exact) mass is 224 g/mol. The predicted octanol–water partition coefficient (Wildman–Crippen LogP) is 1.31. The lowest BCUT2D eigenvalue weighted by atomic mass is 10.1. The summed E-state index contributed by atoms with van der Waals surface area (Å²) < 4.78 is 5.62. The van der Waals surface area contributed by atoms with Crippen LogP contribution in [-0.2, 0) is 4.74 Å². The lowest BCUT2D eigenvalue weighted by Gasteiger charge is -2.32. The summed E-state index contributed by atoms with van der Waals surface area (Å²) in [6.45, 7) is 6.71. The summed E-state index contributed by atoms with van der Waals surface area (Å²) in [5.41, 5.74) is 5.87. The van der Waals surface area contributed by atoms with E-state index in [4.69, 9.17) is 10.5 Å². The van der Waals surface area contributed by atoms with Crippen molar-refractivity contribution in [3.63, 3.8) is 0 Å². The SMILES string of the molecule is CCOC1CCN(c2nc(C)[nH]c2N)CC1. The summed E-state index contributed by atoms with van der Waals surface area (Å²) in [5, 5.41) is 0. The largest absolute Gasteiger partial charge is 0.382 e. The first kappa shape index (κ1) is 11.3. The van der Waals surface area contributed by atoms with E-state index in [0.29, 0.717) is 11.9 Å². The number of nitrogens with zero attached hydrogens (tertiary/aromatic N) is 2. The summed E-state index contributed by atoms with van der Waals surface area (Å²) >= 11 is 0. The molecule has 0 spiro atoms. The number of nitrogens with one attached hydrogen (secondary N) is 1. The second-order valence-corrected chi connectivity index (χ2v) is 4.20. The van der Waals surface area contributed by atoms with Gasteiger partial charge in [-0.3, -0.25) is 0 Å². The molecule has 1 aromatic heterocycles. The van der Waals surface area contributed by atoms with Crippen molar-refractivity contribution in [1.29, 1.82) is 0 Å². The smallest absolute Gasteiger partial charge is 0.171 e. The van der Waals surface area contributed by atoms with E-state index in [0.717, 1.165) is 44.2 Å². The van der Waals surface area contributed by atoms with Crippen LogP contribution in [0.4, 0.5) is 11.6 Å². The van der Waals surface area contributed by atoms with Crippen molar-refractivity contribution in [2.24, 2.45) is 0 Å². The van der Waals surface area contributed by atoms with E-state index >= 15 is 0 Å². The lowest BCUT2D eigenvalue weighted by molar-refractivity contribution is 0.0458. The molecule has 90 valence electrons. The van der Waals surface area contributed by atoms with Crippen LogP contribution in [0.15, 0.2) is 0 Å². The van der Waals surface area contributed by atoms with Gasteiger partial charge in [-0.1, -0.05) is 0 Å². The van der Waals surface area contributed by atoms with Gasteiger partial charge in [0.1, 0.15) is 11.6 Å².